The largest absolute Gasteiger partial charge is 0.698 e. The molecule has 0 aromatic carbocycles. The van der Waals surface area contributed by atoms with Crippen LogP contribution in [0.15, 0.2) is 21.9 Å². The van der Waals surface area contributed by atoms with E-state index in [1.54, 1.807) is 0 Å². The number of methoxy groups -OCH3 is 1. The topological polar surface area (TPSA) is 126 Å². The van der Waals surface area contributed by atoms with Gasteiger partial charge in [0.05, 0.1) is 0 Å². The van der Waals surface area contributed by atoms with Crippen LogP contribution in [0.25, 0.3) is 0 Å². The van der Waals surface area contributed by atoms with E-state index in [9.17, 15) is 14.2 Å². The zero-order valence-corrected chi connectivity index (χ0v) is 11.8. The highest BCUT2D eigenvalue weighted by molar-refractivity contribution is 7.33. The van der Waals surface area contributed by atoms with Crippen molar-refractivity contribution >= 4 is 8.25 Å². The fourth-order valence-corrected chi connectivity index (χ4v) is 2.89. The molecule has 110 valence electrons. The molecule has 20 heavy (non-hydrogen) atoms. The normalized spacial score (nSPS) is 28.1. The van der Waals surface area contributed by atoms with Gasteiger partial charge in [-0.1, -0.05) is 0 Å². The fourth-order valence-electron chi connectivity index (χ4n) is 2.02. The zero-order valence-electron chi connectivity index (χ0n) is 10.9. The quantitative estimate of drug-likeness (QED) is 0.704. The SMILES string of the molecule is CO[C@@H]1CO[P+](=O)OC1[C@@](C)(N)n1ccc(=O)[nH]c1=O. The van der Waals surface area contributed by atoms with E-state index in [0.29, 0.717) is 0 Å². The standard InChI is InChI=1S/C10H14N3O6P/c1-10(11,13-4-3-7(14)12-9(13)15)8-6(17-2)5-18-20(16)19-8/h3-4,6,8H,5,11H2,1-2H3/p+1/t6-,8?,10+/m1/s1. The second kappa shape index (κ2) is 5.55. The first-order valence-corrected chi connectivity index (χ1v) is 6.87. The summed E-state index contributed by atoms with van der Waals surface area (Å²) in [5.74, 6) is 0. The van der Waals surface area contributed by atoms with Crippen molar-refractivity contribution in [2.75, 3.05) is 13.7 Å². The number of nitrogens with two attached hydrogens (primary N) is 1. The Morgan fingerprint density at radius 2 is 2.30 bits per heavy atom. The van der Waals surface area contributed by atoms with E-state index in [0.717, 1.165) is 10.6 Å². The lowest BCUT2D eigenvalue weighted by Crippen LogP contribution is -2.61. The van der Waals surface area contributed by atoms with Gasteiger partial charge in [0.1, 0.15) is 18.4 Å². The molecule has 9 nitrogen and oxygen atoms in total. The molecule has 0 aliphatic carbocycles. The Morgan fingerprint density at radius 1 is 1.60 bits per heavy atom. The lowest BCUT2D eigenvalue weighted by Gasteiger charge is -2.36. The third kappa shape index (κ3) is 2.72. The van der Waals surface area contributed by atoms with Crippen LogP contribution in [0.5, 0.6) is 0 Å². The first-order chi connectivity index (χ1) is 9.36. The maximum Gasteiger partial charge on any atom is 0.698 e. The summed E-state index contributed by atoms with van der Waals surface area (Å²) < 4.78 is 27.7. The average Bonchev–Trinajstić information content (AvgIpc) is 2.38. The highest BCUT2D eigenvalue weighted by Crippen LogP contribution is 2.37. The number of nitrogens with one attached hydrogen (secondary N) is 1. The average molecular weight is 304 g/mol. The molecule has 3 N–H and O–H groups in total. The van der Waals surface area contributed by atoms with Gasteiger partial charge in [0.25, 0.3) is 5.56 Å². The van der Waals surface area contributed by atoms with Crippen molar-refractivity contribution in [3.63, 3.8) is 0 Å². The molecule has 4 atom stereocenters. The summed E-state index contributed by atoms with van der Waals surface area (Å²) in [5.41, 5.74) is 3.54. The van der Waals surface area contributed by atoms with Crippen molar-refractivity contribution in [1.29, 1.82) is 0 Å². The Bertz CT molecular complexity index is 624. The predicted molar refractivity (Wildman–Crippen MR) is 68.4 cm³/mol. The summed E-state index contributed by atoms with van der Waals surface area (Å²) in [6, 6.07) is 1.16. The Labute approximate surface area is 114 Å². The monoisotopic (exact) mass is 304 g/mol. The first-order valence-electron chi connectivity index (χ1n) is 5.77. The van der Waals surface area contributed by atoms with Gasteiger partial charge in [-0.05, 0) is 6.92 Å². The number of hydrogen-bond donors (Lipinski definition) is 2. The summed E-state index contributed by atoms with van der Waals surface area (Å²) in [7, 11) is -0.906. The second-order valence-electron chi connectivity index (χ2n) is 4.53. The molecular formula is C10H15N3O6P+. The summed E-state index contributed by atoms with van der Waals surface area (Å²) >= 11 is 0. The summed E-state index contributed by atoms with van der Waals surface area (Å²) in [6.07, 6.45) is -0.232. The molecule has 0 saturated carbocycles. The van der Waals surface area contributed by atoms with Gasteiger partial charge in [0, 0.05) is 23.9 Å². The van der Waals surface area contributed by atoms with E-state index in [2.05, 4.69) is 4.98 Å². The molecule has 1 aliphatic heterocycles. The lowest BCUT2D eigenvalue weighted by atomic mass is 10.0. The molecular weight excluding hydrogens is 289 g/mol. The Hall–Kier alpha value is -1.38. The summed E-state index contributed by atoms with van der Waals surface area (Å²) in [5, 5.41) is 0. The molecule has 1 aromatic rings. The highest BCUT2D eigenvalue weighted by atomic mass is 31.1. The highest BCUT2D eigenvalue weighted by Gasteiger charge is 2.51. The maximum absolute atomic E-state index is 11.8. The smallest absolute Gasteiger partial charge is 0.376 e. The van der Waals surface area contributed by atoms with Crippen LogP contribution in [-0.4, -0.2) is 35.5 Å². The van der Waals surface area contributed by atoms with E-state index in [1.807, 2.05) is 0 Å². The lowest BCUT2D eigenvalue weighted by molar-refractivity contribution is -0.0987. The van der Waals surface area contributed by atoms with Crippen molar-refractivity contribution in [1.82, 2.24) is 9.55 Å². The van der Waals surface area contributed by atoms with Gasteiger partial charge < -0.3 is 10.5 Å². The Balaban J connectivity index is 2.43. The molecule has 0 bridgehead atoms. The van der Waals surface area contributed by atoms with Crippen molar-refractivity contribution in [2.45, 2.75) is 24.8 Å². The van der Waals surface area contributed by atoms with Crippen LogP contribution in [-0.2, 0) is 24.0 Å². The number of ether oxygens (including phenoxy) is 1. The number of aromatic amines is 1. The van der Waals surface area contributed by atoms with E-state index in [1.165, 1.54) is 20.2 Å². The fraction of sp³-hybridized carbons (Fsp3) is 0.600. The number of hydrogen-bond acceptors (Lipinski definition) is 7. The van der Waals surface area contributed by atoms with Crippen molar-refractivity contribution in [3.8, 4) is 0 Å². The van der Waals surface area contributed by atoms with Gasteiger partial charge in [-0.2, -0.15) is 0 Å². The molecule has 0 amide bonds. The van der Waals surface area contributed by atoms with Crippen LogP contribution >= 0.6 is 8.25 Å². The molecule has 2 heterocycles. The first kappa shape index (κ1) is 15.0. The number of aromatic nitrogens is 2. The minimum absolute atomic E-state index is 0.0290. The molecule has 1 saturated heterocycles. The van der Waals surface area contributed by atoms with Gasteiger partial charge in [0.15, 0.2) is 6.10 Å². The molecule has 0 radical (unpaired) electrons. The molecule has 1 fully saturated rings. The van der Waals surface area contributed by atoms with Crippen molar-refractivity contribution in [3.05, 3.63) is 33.1 Å². The van der Waals surface area contributed by atoms with Crippen LogP contribution in [0.3, 0.4) is 0 Å². The van der Waals surface area contributed by atoms with E-state index in [4.69, 9.17) is 19.5 Å². The zero-order chi connectivity index (χ0) is 14.9. The number of rotatable bonds is 3. The molecule has 2 rings (SSSR count). The van der Waals surface area contributed by atoms with Gasteiger partial charge in [-0.25, -0.2) is 4.79 Å². The van der Waals surface area contributed by atoms with Crippen LogP contribution < -0.4 is 17.0 Å². The number of H-pyrrole nitrogens is 1. The van der Waals surface area contributed by atoms with Crippen LogP contribution in [0, 0.1) is 0 Å². The van der Waals surface area contributed by atoms with Crippen LogP contribution in [0.1, 0.15) is 6.92 Å². The van der Waals surface area contributed by atoms with Gasteiger partial charge in [0.2, 0.25) is 0 Å². The van der Waals surface area contributed by atoms with Crippen LogP contribution in [0.4, 0.5) is 0 Å². The minimum atomic E-state index is -2.33. The van der Waals surface area contributed by atoms with Crippen LogP contribution in [0.2, 0.25) is 0 Å². The molecule has 0 spiro atoms. The Kier molecular flexibility index (Phi) is 4.17. The predicted octanol–water partition coefficient (Wildman–Crippen LogP) is -0.744. The minimum Gasteiger partial charge on any atom is -0.376 e. The second-order valence-corrected chi connectivity index (χ2v) is 5.44. The molecule has 10 heteroatoms. The van der Waals surface area contributed by atoms with Gasteiger partial charge in [-0.3, -0.25) is 14.3 Å². The van der Waals surface area contributed by atoms with E-state index >= 15 is 0 Å². The van der Waals surface area contributed by atoms with E-state index in [-0.39, 0.29) is 6.61 Å². The Morgan fingerprint density at radius 3 is 2.90 bits per heavy atom. The number of nitrogens with zero attached hydrogens (tertiary/aromatic N) is 1. The molecule has 1 aromatic heterocycles. The summed E-state index contributed by atoms with van der Waals surface area (Å²) in [4.78, 5) is 25.0. The van der Waals surface area contributed by atoms with E-state index < -0.39 is 37.4 Å². The summed E-state index contributed by atoms with van der Waals surface area (Å²) in [6.45, 7) is 1.54. The molecule has 1 aliphatic rings. The van der Waals surface area contributed by atoms with Gasteiger partial charge >= 0.3 is 13.9 Å². The van der Waals surface area contributed by atoms with Gasteiger partial charge in [-0.15, -0.1) is 9.05 Å². The third-order valence-electron chi connectivity index (χ3n) is 3.10. The maximum atomic E-state index is 11.8. The third-order valence-corrected chi connectivity index (χ3v) is 3.86. The van der Waals surface area contributed by atoms with Crippen molar-refractivity contribution < 1.29 is 18.3 Å². The van der Waals surface area contributed by atoms with Crippen molar-refractivity contribution in [2.24, 2.45) is 5.73 Å². The molecule has 2 unspecified atom stereocenters.